The molecule has 0 saturated carbocycles. The molecule has 0 radical (unpaired) electrons. The SMILES string of the molecule is CCOC(=O)C(Cc1c[nH]c2ccccc12)N/C(=C/C(=O)OC)C(=O)OC. The molecule has 0 amide bonds. The van der Waals surface area contributed by atoms with Gasteiger partial charge in [0.25, 0.3) is 0 Å². The first-order valence-electron chi connectivity index (χ1n) is 8.36. The fourth-order valence-electron chi connectivity index (χ4n) is 2.59. The van der Waals surface area contributed by atoms with Gasteiger partial charge < -0.3 is 24.5 Å². The van der Waals surface area contributed by atoms with E-state index in [2.05, 4.69) is 19.8 Å². The summed E-state index contributed by atoms with van der Waals surface area (Å²) in [7, 11) is 2.36. The molecule has 27 heavy (non-hydrogen) atoms. The minimum atomic E-state index is -0.904. The molecule has 0 aliphatic heterocycles. The number of benzene rings is 1. The first-order chi connectivity index (χ1) is 13.0. The van der Waals surface area contributed by atoms with E-state index in [0.29, 0.717) is 0 Å². The van der Waals surface area contributed by atoms with Crippen molar-refractivity contribution >= 4 is 28.8 Å². The van der Waals surface area contributed by atoms with Gasteiger partial charge in [0.1, 0.15) is 11.7 Å². The average Bonchev–Trinajstić information content (AvgIpc) is 3.09. The van der Waals surface area contributed by atoms with Crippen LogP contribution in [0.3, 0.4) is 0 Å². The van der Waals surface area contributed by atoms with E-state index < -0.39 is 23.9 Å². The van der Waals surface area contributed by atoms with Gasteiger partial charge in [-0.15, -0.1) is 0 Å². The second-order valence-corrected chi connectivity index (χ2v) is 5.59. The van der Waals surface area contributed by atoms with Crippen molar-refractivity contribution in [3.8, 4) is 0 Å². The fourth-order valence-corrected chi connectivity index (χ4v) is 2.59. The highest BCUT2D eigenvalue weighted by molar-refractivity contribution is 5.96. The summed E-state index contributed by atoms with van der Waals surface area (Å²) in [5.74, 6) is -2.10. The quantitative estimate of drug-likeness (QED) is 0.409. The summed E-state index contributed by atoms with van der Waals surface area (Å²) < 4.78 is 14.3. The molecule has 144 valence electrons. The van der Waals surface area contributed by atoms with Gasteiger partial charge in [-0.25, -0.2) is 14.4 Å². The zero-order valence-corrected chi connectivity index (χ0v) is 15.4. The predicted molar refractivity (Wildman–Crippen MR) is 97.7 cm³/mol. The number of hydrogen-bond donors (Lipinski definition) is 2. The summed E-state index contributed by atoms with van der Waals surface area (Å²) in [6.07, 6.45) is 2.96. The molecule has 1 aromatic carbocycles. The van der Waals surface area contributed by atoms with Crippen LogP contribution >= 0.6 is 0 Å². The number of ether oxygens (including phenoxy) is 3. The standard InChI is InChI=1S/C19H22N2O6/c1-4-27-19(24)15(21-16(18(23)26-3)10-17(22)25-2)9-12-11-20-14-8-6-5-7-13(12)14/h5-8,10-11,15,20-21H,4,9H2,1-3H3/b16-10+. The molecule has 0 spiro atoms. The Balaban J connectivity index is 2.32. The van der Waals surface area contributed by atoms with E-state index in [4.69, 9.17) is 4.74 Å². The highest BCUT2D eigenvalue weighted by Gasteiger charge is 2.25. The normalized spacial score (nSPS) is 12.3. The Bertz CT molecular complexity index is 855. The van der Waals surface area contributed by atoms with E-state index in [1.54, 1.807) is 13.1 Å². The molecule has 0 bridgehead atoms. The van der Waals surface area contributed by atoms with Gasteiger partial charge in [-0.2, -0.15) is 0 Å². The van der Waals surface area contributed by atoms with E-state index in [1.165, 1.54) is 14.2 Å². The molecule has 2 rings (SSSR count). The first kappa shape index (κ1) is 20.0. The van der Waals surface area contributed by atoms with Gasteiger partial charge in [-0.1, -0.05) is 18.2 Å². The van der Waals surface area contributed by atoms with E-state index >= 15 is 0 Å². The van der Waals surface area contributed by atoms with Gasteiger partial charge in [0, 0.05) is 23.5 Å². The van der Waals surface area contributed by atoms with Gasteiger partial charge in [-0.05, 0) is 18.6 Å². The van der Waals surface area contributed by atoms with E-state index in [1.807, 2.05) is 24.3 Å². The van der Waals surface area contributed by atoms with Crippen molar-refractivity contribution < 1.29 is 28.6 Å². The second kappa shape index (κ2) is 9.42. The number of H-pyrrole nitrogens is 1. The van der Waals surface area contributed by atoms with E-state index in [-0.39, 0.29) is 18.7 Å². The van der Waals surface area contributed by atoms with Crippen molar-refractivity contribution in [2.24, 2.45) is 0 Å². The number of fused-ring (bicyclic) bond motifs is 1. The lowest BCUT2D eigenvalue weighted by Gasteiger charge is -2.19. The van der Waals surface area contributed by atoms with Crippen LogP contribution in [0, 0.1) is 0 Å². The molecule has 0 fully saturated rings. The van der Waals surface area contributed by atoms with E-state index in [0.717, 1.165) is 22.5 Å². The molecule has 2 N–H and O–H groups in total. The maximum absolute atomic E-state index is 12.4. The number of carbonyl (C=O) groups excluding carboxylic acids is 3. The Morgan fingerprint density at radius 1 is 1.19 bits per heavy atom. The average molecular weight is 374 g/mol. The highest BCUT2D eigenvalue weighted by atomic mass is 16.5. The van der Waals surface area contributed by atoms with Crippen LogP contribution in [0.4, 0.5) is 0 Å². The molecule has 1 aromatic heterocycles. The topological polar surface area (TPSA) is 107 Å². The van der Waals surface area contributed by atoms with Gasteiger partial charge in [0.2, 0.25) is 0 Å². The Hall–Kier alpha value is -3.29. The predicted octanol–water partition coefficient (Wildman–Crippen LogP) is 1.46. The van der Waals surface area contributed by atoms with Crippen molar-refractivity contribution in [1.29, 1.82) is 0 Å². The second-order valence-electron chi connectivity index (χ2n) is 5.59. The maximum atomic E-state index is 12.4. The van der Waals surface area contributed by atoms with Crippen LogP contribution in [0.25, 0.3) is 10.9 Å². The van der Waals surface area contributed by atoms with Crippen LogP contribution in [0.1, 0.15) is 12.5 Å². The van der Waals surface area contributed by atoms with Crippen molar-refractivity contribution in [3.63, 3.8) is 0 Å². The molecule has 1 atom stereocenters. The van der Waals surface area contributed by atoms with Crippen LogP contribution in [0.2, 0.25) is 0 Å². The number of rotatable bonds is 8. The smallest absolute Gasteiger partial charge is 0.354 e. The number of hydrogen-bond acceptors (Lipinski definition) is 7. The summed E-state index contributed by atoms with van der Waals surface area (Å²) in [4.78, 5) is 39.1. The molecule has 1 unspecified atom stereocenters. The minimum Gasteiger partial charge on any atom is -0.466 e. The van der Waals surface area contributed by atoms with Crippen molar-refractivity contribution in [2.75, 3.05) is 20.8 Å². The third-order valence-electron chi connectivity index (χ3n) is 3.87. The van der Waals surface area contributed by atoms with Crippen LogP contribution in [-0.4, -0.2) is 49.8 Å². The minimum absolute atomic E-state index is 0.180. The molecular weight excluding hydrogens is 352 g/mol. The third kappa shape index (κ3) is 5.10. The number of nitrogens with one attached hydrogen (secondary N) is 2. The van der Waals surface area contributed by atoms with Gasteiger partial charge in [-0.3, -0.25) is 0 Å². The highest BCUT2D eigenvalue weighted by Crippen LogP contribution is 2.20. The Kier molecular flexibility index (Phi) is 6.99. The van der Waals surface area contributed by atoms with E-state index in [9.17, 15) is 14.4 Å². The summed E-state index contributed by atoms with van der Waals surface area (Å²) in [6.45, 7) is 1.87. The van der Waals surface area contributed by atoms with Crippen molar-refractivity contribution in [1.82, 2.24) is 10.3 Å². The number of carbonyl (C=O) groups is 3. The number of aromatic nitrogens is 1. The summed E-state index contributed by atoms with van der Waals surface area (Å²) >= 11 is 0. The number of para-hydroxylation sites is 1. The Labute approximate surface area is 156 Å². The van der Waals surface area contributed by atoms with Gasteiger partial charge in [0.15, 0.2) is 0 Å². The number of esters is 3. The first-order valence-corrected chi connectivity index (χ1v) is 8.36. The zero-order valence-electron chi connectivity index (χ0n) is 15.4. The van der Waals surface area contributed by atoms with Crippen LogP contribution in [0.15, 0.2) is 42.2 Å². The molecule has 2 aromatic rings. The zero-order chi connectivity index (χ0) is 19.8. The maximum Gasteiger partial charge on any atom is 0.354 e. The molecule has 0 aliphatic carbocycles. The lowest BCUT2D eigenvalue weighted by molar-refractivity contribution is -0.146. The van der Waals surface area contributed by atoms with Gasteiger partial charge >= 0.3 is 17.9 Å². The molecule has 1 heterocycles. The molecule has 8 nitrogen and oxygen atoms in total. The summed E-state index contributed by atoms with van der Waals surface area (Å²) in [6, 6.07) is 6.73. The Morgan fingerprint density at radius 3 is 2.59 bits per heavy atom. The Morgan fingerprint density at radius 2 is 1.93 bits per heavy atom. The largest absolute Gasteiger partial charge is 0.466 e. The molecule has 0 aliphatic rings. The lowest BCUT2D eigenvalue weighted by Crippen LogP contribution is -2.41. The van der Waals surface area contributed by atoms with Crippen molar-refractivity contribution in [2.45, 2.75) is 19.4 Å². The fraction of sp³-hybridized carbons (Fsp3) is 0.316. The van der Waals surface area contributed by atoms with Gasteiger partial charge in [0.05, 0.1) is 26.9 Å². The molecule has 8 heteroatoms. The summed E-state index contributed by atoms with van der Waals surface area (Å²) in [5, 5.41) is 3.70. The van der Waals surface area contributed by atoms with Crippen molar-refractivity contribution in [3.05, 3.63) is 47.8 Å². The third-order valence-corrected chi connectivity index (χ3v) is 3.87. The number of aromatic amines is 1. The van der Waals surface area contributed by atoms with Crippen LogP contribution in [0.5, 0.6) is 0 Å². The monoisotopic (exact) mass is 374 g/mol. The molecule has 0 saturated heterocycles. The van der Waals surface area contributed by atoms with Crippen LogP contribution in [-0.2, 0) is 35.0 Å². The lowest BCUT2D eigenvalue weighted by atomic mass is 10.0. The summed E-state index contributed by atoms with van der Waals surface area (Å²) in [5.41, 5.74) is 1.59. The number of methoxy groups -OCH3 is 2. The molecular formula is C19H22N2O6. The van der Waals surface area contributed by atoms with Crippen LogP contribution < -0.4 is 5.32 Å².